The van der Waals surface area contributed by atoms with Crippen LogP contribution in [0.1, 0.15) is 12.5 Å². The van der Waals surface area contributed by atoms with Crippen LogP contribution in [0, 0.1) is 12.7 Å². The van der Waals surface area contributed by atoms with Crippen molar-refractivity contribution < 1.29 is 23.3 Å². The number of benzene rings is 2. The Hall–Kier alpha value is -3.42. The van der Waals surface area contributed by atoms with Crippen LogP contribution >= 0.6 is 0 Å². The van der Waals surface area contributed by atoms with Gasteiger partial charge in [0.05, 0.1) is 7.11 Å². The molecule has 0 bridgehead atoms. The number of carbonyl (C=O) groups is 1. The third-order valence-corrected chi connectivity index (χ3v) is 3.91. The van der Waals surface area contributed by atoms with Crippen LogP contribution in [0.4, 0.5) is 10.2 Å². The summed E-state index contributed by atoms with van der Waals surface area (Å²) >= 11 is 0. The maximum atomic E-state index is 13.7. The van der Waals surface area contributed by atoms with Crippen molar-refractivity contribution in [1.82, 2.24) is 10.3 Å². The summed E-state index contributed by atoms with van der Waals surface area (Å²) in [5.41, 5.74) is 1.96. The molecule has 8 heteroatoms. The first kappa shape index (κ1) is 18.4. The van der Waals surface area contributed by atoms with Crippen LogP contribution in [0.25, 0.3) is 11.3 Å². The second kappa shape index (κ2) is 7.86. The standard InChI is InChI=1S/C19H18FN3O4/c1-11-10-13(8-9-15(11)25-3)17-18(23-27-22-17)21-19(24)12(2)26-16-7-5-4-6-14(16)20/h4-10,12H,1-3H3,(H,21,23,24)/t12-/m1/s1. The van der Waals surface area contributed by atoms with Crippen molar-refractivity contribution in [2.75, 3.05) is 12.4 Å². The second-order valence-corrected chi connectivity index (χ2v) is 5.83. The average Bonchev–Trinajstić information content (AvgIpc) is 3.11. The number of hydrogen-bond acceptors (Lipinski definition) is 6. The van der Waals surface area contributed by atoms with Crippen molar-refractivity contribution in [3.8, 4) is 22.8 Å². The van der Waals surface area contributed by atoms with Crippen LogP contribution in [0.5, 0.6) is 11.5 Å². The maximum absolute atomic E-state index is 13.7. The molecule has 2 aromatic carbocycles. The predicted molar refractivity (Wildman–Crippen MR) is 96.1 cm³/mol. The van der Waals surface area contributed by atoms with Gasteiger partial charge < -0.3 is 14.8 Å². The lowest BCUT2D eigenvalue weighted by molar-refractivity contribution is -0.122. The Morgan fingerprint density at radius 1 is 1.19 bits per heavy atom. The SMILES string of the molecule is COc1ccc(-c2nonc2NC(=O)[C@@H](C)Oc2ccccc2F)cc1C. The number of rotatable bonds is 6. The van der Waals surface area contributed by atoms with Gasteiger partial charge in [0.25, 0.3) is 5.91 Å². The summed E-state index contributed by atoms with van der Waals surface area (Å²) in [5.74, 6) is -0.194. The van der Waals surface area contributed by atoms with Crippen LogP contribution in [0.3, 0.4) is 0 Å². The summed E-state index contributed by atoms with van der Waals surface area (Å²) in [5, 5.41) is 10.2. The maximum Gasteiger partial charge on any atom is 0.266 e. The molecule has 0 aliphatic heterocycles. The average molecular weight is 371 g/mol. The topological polar surface area (TPSA) is 86.5 Å². The first-order valence-corrected chi connectivity index (χ1v) is 8.19. The van der Waals surface area contributed by atoms with Crippen LogP contribution in [0.15, 0.2) is 47.1 Å². The van der Waals surface area contributed by atoms with E-state index in [1.54, 1.807) is 25.3 Å². The summed E-state index contributed by atoms with van der Waals surface area (Å²) in [6.07, 6.45) is -0.955. The summed E-state index contributed by atoms with van der Waals surface area (Å²) in [6, 6.07) is 11.3. The molecule has 3 rings (SSSR count). The number of anilines is 1. The van der Waals surface area contributed by atoms with Crippen LogP contribution in [-0.2, 0) is 4.79 Å². The summed E-state index contributed by atoms with van der Waals surface area (Å²) < 4.78 is 29.0. The monoisotopic (exact) mass is 371 g/mol. The van der Waals surface area contributed by atoms with Crippen LogP contribution in [0.2, 0.25) is 0 Å². The fourth-order valence-corrected chi connectivity index (χ4v) is 2.49. The summed E-state index contributed by atoms with van der Waals surface area (Å²) in [4.78, 5) is 12.4. The highest BCUT2D eigenvalue weighted by Gasteiger charge is 2.21. The number of methoxy groups -OCH3 is 1. The Morgan fingerprint density at radius 2 is 1.96 bits per heavy atom. The molecule has 27 heavy (non-hydrogen) atoms. The van der Waals surface area contributed by atoms with E-state index in [0.717, 1.165) is 11.3 Å². The van der Waals surface area contributed by atoms with E-state index in [-0.39, 0.29) is 11.6 Å². The molecule has 0 radical (unpaired) electrons. The van der Waals surface area contributed by atoms with E-state index in [1.807, 2.05) is 13.0 Å². The number of halogens is 1. The molecule has 0 saturated heterocycles. The Morgan fingerprint density at radius 3 is 2.67 bits per heavy atom. The van der Waals surface area contributed by atoms with Gasteiger partial charge in [0.15, 0.2) is 23.4 Å². The van der Waals surface area contributed by atoms with E-state index in [0.29, 0.717) is 11.3 Å². The Bertz CT molecular complexity index is 958. The summed E-state index contributed by atoms with van der Waals surface area (Å²) in [6.45, 7) is 3.39. The molecule has 1 aromatic heterocycles. The highest BCUT2D eigenvalue weighted by Crippen LogP contribution is 2.29. The molecule has 0 saturated carbocycles. The first-order valence-electron chi connectivity index (χ1n) is 8.19. The smallest absolute Gasteiger partial charge is 0.266 e. The van der Waals surface area contributed by atoms with Crippen molar-refractivity contribution in [3.05, 3.63) is 53.8 Å². The molecule has 0 aliphatic rings. The van der Waals surface area contributed by atoms with Crippen molar-refractivity contribution >= 4 is 11.7 Å². The molecule has 1 atom stereocenters. The molecule has 0 fully saturated rings. The Kier molecular flexibility index (Phi) is 5.35. The number of nitrogens with zero attached hydrogens (tertiary/aromatic N) is 2. The molecule has 0 aliphatic carbocycles. The lowest BCUT2D eigenvalue weighted by Crippen LogP contribution is -2.30. The molecule has 7 nitrogen and oxygen atoms in total. The molecule has 0 unspecified atom stereocenters. The molecule has 1 N–H and O–H groups in total. The van der Waals surface area contributed by atoms with Gasteiger partial charge in [-0.3, -0.25) is 4.79 Å². The quantitative estimate of drug-likeness (QED) is 0.712. The van der Waals surface area contributed by atoms with Crippen molar-refractivity contribution in [3.63, 3.8) is 0 Å². The van der Waals surface area contributed by atoms with Gasteiger partial charge in [0, 0.05) is 5.56 Å². The van der Waals surface area contributed by atoms with E-state index in [9.17, 15) is 9.18 Å². The van der Waals surface area contributed by atoms with E-state index < -0.39 is 17.8 Å². The fraction of sp³-hybridized carbons (Fsp3) is 0.211. The Labute approximate surface area is 155 Å². The molecular formula is C19H18FN3O4. The fourth-order valence-electron chi connectivity index (χ4n) is 2.49. The highest BCUT2D eigenvalue weighted by atomic mass is 19.1. The minimum atomic E-state index is -0.955. The van der Waals surface area contributed by atoms with Gasteiger partial charge in [-0.25, -0.2) is 9.02 Å². The van der Waals surface area contributed by atoms with Gasteiger partial charge in [-0.2, -0.15) is 0 Å². The van der Waals surface area contributed by atoms with E-state index in [1.165, 1.54) is 25.1 Å². The zero-order chi connectivity index (χ0) is 19.4. The summed E-state index contributed by atoms with van der Waals surface area (Å²) in [7, 11) is 1.59. The van der Waals surface area contributed by atoms with Gasteiger partial charge in [0.2, 0.25) is 5.82 Å². The number of nitrogens with one attached hydrogen (secondary N) is 1. The minimum Gasteiger partial charge on any atom is -0.496 e. The lowest BCUT2D eigenvalue weighted by Gasteiger charge is -2.14. The van der Waals surface area contributed by atoms with Gasteiger partial charge in [-0.1, -0.05) is 12.1 Å². The number of aromatic nitrogens is 2. The largest absolute Gasteiger partial charge is 0.496 e. The Balaban J connectivity index is 1.75. The molecule has 1 heterocycles. The van der Waals surface area contributed by atoms with Crippen molar-refractivity contribution in [1.29, 1.82) is 0 Å². The van der Waals surface area contributed by atoms with E-state index in [4.69, 9.17) is 14.1 Å². The van der Waals surface area contributed by atoms with Crippen LogP contribution < -0.4 is 14.8 Å². The number of amides is 1. The van der Waals surface area contributed by atoms with Gasteiger partial charge in [0.1, 0.15) is 5.75 Å². The molecular weight excluding hydrogens is 353 g/mol. The highest BCUT2D eigenvalue weighted by molar-refractivity contribution is 5.96. The zero-order valence-corrected chi connectivity index (χ0v) is 15.0. The third-order valence-electron chi connectivity index (χ3n) is 3.91. The van der Waals surface area contributed by atoms with Crippen molar-refractivity contribution in [2.24, 2.45) is 0 Å². The third kappa shape index (κ3) is 4.05. The first-order chi connectivity index (χ1) is 13.0. The number of hydrogen-bond donors (Lipinski definition) is 1. The molecule has 3 aromatic rings. The number of para-hydroxylation sites is 1. The predicted octanol–water partition coefficient (Wildman–Crippen LogP) is 3.60. The van der Waals surface area contributed by atoms with Crippen molar-refractivity contribution in [2.45, 2.75) is 20.0 Å². The normalized spacial score (nSPS) is 11.7. The molecule has 1 amide bonds. The zero-order valence-electron chi connectivity index (χ0n) is 15.0. The molecule has 140 valence electrons. The lowest BCUT2D eigenvalue weighted by atomic mass is 10.1. The minimum absolute atomic E-state index is 0.00979. The number of carbonyl (C=O) groups excluding carboxylic acids is 1. The number of ether oxygens (including phenoxy) is 2. The van der Waals surface area contributed by atoms with E-state index in [2.05, 4.69) is 15.6 Å². The second-order valence-electron chi connectivity index (χ2n) is 5.83. The van der Waals surface area contributed by atoms with Gasteiger partial charge >= 0.3 is 0 Å². The number of aryl methyl sites for hydroxylation is 1. The van der Waals surface area contributed by atoms with Gasteiger partial charge in [-0.05, 0) is 60.1 Å². The molecule has 0 spiro atoms. The van der Waals surface area contributed by atoms with Crippen LogP contribution in [-0.4, -0.2) is 29.4 Å². The van der Waals surface area contributed by atoms with E-state index >= 15 is 0 Å². The van der Waals surface area contributed by atoms with Gasteiger partial charge in [-0.15, -0.1) is 0 Å².